The number of nitrogens with zero attached hydrogens (tertiary/aromatic N) is 2. The van der Waals surface area contributed by atoms with E-state index in [-0.39, 0.29) is 24.2 Å². The Balaban J connectivity index is 0.00000243. The van der Waals surface area contributed by atoms with Crippen molar-refractivity contribution in [3.8, 4) is 0 Å². The summed E-state index contributed by atoms with van der Waals surface area (Å²) in [7, 11) is 0. The van der Waals surface area contributed by atoms with Crippen LogP contribution in [-0.2, 0) is 15.1 Å². The van der Waals surface area contributed by atoms with Gasteiger partial charge in [-0.25, -0.2) is 0 Å². The predicted molar refractivity (Wildman–Crippen MR) is 104 cm³/mol. The average molecular weight is 378 g/mol. The number of aryl methyl sites for hydroxylation is 1. The van der Waals surface area contributed by atoms with Crippen molar-refractivity contribution in [2.75, 3.05) is 23.7 Å². The molecule has 2 amide bonds. The highest BCUT2D eigenvalue weighted by atomic mass is 35.5. The van der Waals surface area contributed by atoms with Gasteiger partial charge in [0.15, 0.2) is 0 Å². The van der Waals surface area contributed by atoms with Crippen LogP contribution in [0.5, 0.6) is 0 Å². The fourth-order valence-corrected chi connectivity index (χ4v) is 3.19. The molecule has 3 N–H and O–H groups in total. The third-order valence-electron chi connectivity index (χ3n) is 4.60. The first kappa shape index (κ1) is 19.9. The summed E-state index contributed by atoms with van der Waals surface area (Å²) < 4.78 is 1.76. The maximum Gasteiger partial charge on any atom is 0.252 e. The molecule has 26 heavy (non-hydrogen) atoms. The molecule has 0 bridgehead atoms. The first-order valence-corrected chi connectivity index (χ1v) is 8.42. The predicted octanol–water partition coefficient (Wildman–Crippen LogP) is 2.29. The van der Waals surface area contributed by atoms with E-state index in [1.54, 1.807) is 16.9 Å². The number of hydrogen-bond acceptors (Lipinski definition) is 4. The van der Waals surface area contributed by atoms with Crippen LogP contribution in [0.25, 0.3) is 0 Å². The molecule has 0 spiro atoms. The maximum absolute atomic E-state index is 13.1. The maximum atomic E-state index is 13.1. The van der Waals surface area contributed by atoms with Crippen molar-refractivity contribution >= 4 is 35.6 Å². The largest absolute Gasteiger partial charge is 0.326 e. The molecule has 1 aliphatic rings. The van der Waals surface area contributed by atoms with Crippen LogP contribution in [0, 0.1) is 6.92 Å². The van der Waals surface area contributed by atoms with E-state index in [0.717, 1.165) is 18.7 Å². The summed E-state index contributed by atoms with van der Waals surface area (Å²) in [5.41, 5.74) is 1.60. The second-order valence-corrected chi connectivity index (χ2v) is 6.40. The van der Waals surface area contributed by atoms with Crippen molar-refractivity contribution in [2.24, 2.45) is 0 Å². The van der Waals surface area contributed by atoms with E-state index in [4.69, 9.17) is 0 Å². The van der Waals surface area contributed by atoms with Crippen molar-refractivity contribution in [1.29, 1.82) is 0 Å². The van der Waals surface area contributed by atoms with Crippen LogP contribution < -0.4 is 16.0 Å². The van der Waals surface area contributed by atoms with Crippen LogP contribution in [-0.4, -0.2) is 34.7 Å². The highest BCUT2D eigenvalue weighted by molar-refractivity contribution is 5.98. The van der Waals surface area contributed by atoms with Crippen LogP contribution in [0.4, 0.5) is 11.4 Å². The molecule has 7 nitrogen and oxygen atoms in total. The van der Waals surface area contributed by atoms with Gasteiger partial charge in [-0.1, -0.05) is 6.07 Å². The fraction of sp³-hybridized carbons (Fsp3) is 0.389. The SMILES string of the molecule is CC(=O)Nc1cc(NC(=O)C2(n3cccn3)CCNCC2)ccc1C.Cl. The molecule has 0 unspecified atom stereocenters. The molecule has 0 atom stereocenters. The molecule has 8 heteroatoms. The highest BCUT2D eigenvalue weighted by Gasteiger charge is 2.42. The number of rotatable bonds is 4. The Morgan fingerprint density at radius 3 is 2.58 bits per heavy atom. The van der Waals surface area contributed by atoms with Crippen LogP contribution in [0.3, 0.4) is 0 Å². The summed E-state index contributed by atoms with van der Waals surface area (Å²) in [5.74, 6) is -0.228. The number of carbonyl (C=O) groups is 2. The number of piperidine rings is 1. The lowest BCUT2D eigenvalue weighted by molar-refractivity contribution is -0.126. The Kier molecular flexibility index (Phi) is 6.39. The van der Waals surface area contributed by atoms with Gasteiger partial charge in [0, 0.05) is 30.7 Å². The van der Waals surface area contributed by atoms with Crippen molar-refractivity contribution in [3.63, 3.8) is 0 Å². The summed E-state index contributed by atoms with van der Waals surface area (Å²) in [4.78, 5) is 24.5. The van der Waals surface area contributed by atoms with Gasteiger partial charge in [-0.05, 0) is 56.6 Å². The molecule has 1 aromatic carbocycles. The van der Waals surface area contributed by atoms with E-state index in [9.17, 15) is 9.59 Å². The lowest BCUT2D eigenvalue weighted by Gasteiger charge is -2.36. The van der Waals surface area contributed by atoms with Gasteiger partial charge in [-0.2, -0.15) is 5.10 Å². The molecule has 1 aliphatic heterocycles. The van der Waals surface area contributed by atoms with Gasteiger partial charge in [0.1, 0.15) is 5.54 Å². The lowest BCUT2D eigenvalue weighted by atomic mass is 9.87. The fourth-order valence-electron chi connectivity index (χ4n) is 3.19. The number of anilines is 2. The van der Waals surface area contributed by atoms with Crippen molar-refractivity contribution in [2.45, 2.75) is 32.2 Å². The van der Waals surface area contributed by atoms with E-state index in [1.165, 1.54) is 6.92 Å². The molecule has 2 heterocycles. The Labute approximate surface area is 159 Å². The zero-order chi connectivity index (χ0) is 17.9. The summed E-state index contributed by atoms with van der Waals surface area (Å²) in [6.07, 6.45) is 4.87. The zero-order valence-electron chi connectivity index (χ0n) is 14.9. The Bertz CT molecular complexity index is 770. The van der Waals surface area contributed by atoms with E-state index in [1.807, 2.05) is 31.3 Å². The third kappa shape index (κ3) is 4.05. The quantitative estimate of drug-likeness (QED) is 0.762. The summed E-state index contributed by atoms with van der Waals surface area (Å²) >= 11 is 0. The highest BCUT2D eigenvalue weighted by Crippen LogP contribution is 2.29. The number of amides is 2. The van der Waals surface area contributed by atoms with Gasteiger partial charge >= 0.3 is 0 Å². The van der Waals surface area contributed by atoms with Crippen molar-refractivity contribution < 1.29 is 9.59 Å². The lowest BCUT2D eigenvalue weighted by Crippen LogP contribution is -2.52. The van der Waals surface area contributed by atoms with Gasteiger partial charge in [-0.15, -0.1) is 12.4 Å². The topological polar surface area (TPSA) is 88.1 Å². The number of carbonyl (C=O) groups excluding carboxylic acids is 2. The van der Waals surface area contributed by atoms with Crippen LogP contribution in [0.15, 0.2) is 36.7 Å². The molecule has 0 aliphatic carbocycles. The van der Waals surface area contributed by atoms with Gasteiger partial charge < -0.3 is 16.0 Å². The number of halogens is 1. The third-order valence-corrected chi connectivity index (χ3v) is 4.60. The smallest absolute Gasteiger partial charge is 0.252 e. The first-order valence-electron chi connectivity index (χ1n) is 8.42. The molecular formula is C18H24ClN5O2. The van der Waals surface area contributed by atoms with E-state index < -0.39 is 5.54 Å². The molecule has 3 rings (SSSR count). The molecule has 1 saturated heterocycles. The second-order valence-electron chi connectivity index (χ2n) is 6.40. The monoisotopic (exact) mass is 377 g/mol. The van der Waals surface area contributed by atoms with Crippen molar-refractivity contribution in [3.05, 3.63) is 42.2 Å². The Morgan fingerprint density at radius 2 is 1.96 bits per heavy atom. The molecule has 2 aromatic rings. The second kappa shape index (κ2) is 8.33. The standard InChI is InChI=1S/C18H23N5O2.ClH/c1-13-4-5-15(12-16(13)21-14(2)24)22-17(25)18(6-9-19-10-7-18)23-11-3-8-20-23;/h3-5,8,11-12,19H,6-7,9-10H2,1-2H3,(H,21,24)(H,22,25);1H. The van der Waals surface area contributed by atoms with E-state index >= 15 is 0 Å². The number of nitrogens with one attached hydrogen (secondary N) is 3. The van der Waals surface area contributed by atoms with E-state index in [2.05, 4.69) is 21.0 Å². The number of benzene rings is 1. The molecule has 0 saturated carbocycles. The van der Waals surface area contributed by atoms with Gasteiger partial charge in [0.2, 0.25) is 5.91 Å². The summed E-state index contributed by atoms with van der Waals surface area (Å²) in [6, 6.07) is 7.34. The minimum absolute atomic E-state index is 0. The molecular weight excluding hydrogens is 354 g/mol. The Morgan fingerprint density at radius 1 is 1.23 bits per heavy atom. The number of aromatic nitrogens is 2. The minimum atomic E-state index is -0.701. The Hall–Kier alpha value is -2.38. The molecule has 1 fully saturated rings. The van der Waals surface area contributed by atoms with Crippen molar-refractivity contribution in [1.82, 2.24) is 15.1 Å². The summed E-state index contributed by atoms with van der Waals surface area (Å²) in [6.45, 7) is 4.90. The summed E-state index contributed by atoms with van der Waals surface area (Å²) in [5, 5.41) is 13.4. The first-order chi connectivity index (χ1) is 12.0. The minimum Gasteiger partial charge on any atom is -0.326 e. The average Bonchev–Trinajstić information content (AvgIpc) is 3.13. The normalized spacial score (nSPS) is 15.6. The van der Waals surface area contributed by atoms with Gasteiger partial charge in [-0.3, -0.25) is 14.3 Å². The number of hydrogen-bond donors (Lipinski definition) is 3. The van der Waals surface area contributed by atoms with Gasteiger partial charge in [0.25, 0.3) is 5.91 Å². The molecule has 140 valence electrons. The zero-order valence-corrected chi connectivity index (χ0v) is 15.7. The van der Waals surface area contributed by atoms with Crippen LogP contribution >= 0.6 is 12.4 Å². The molecule has 1 aromatic heterocycles. The van der Waals surface area contributed by atoms with E-state index in [0.29, 0.717) is 24.2 Å². The molecule has 0 radical (unpaired) electrons. The van der Waals surface area contributed by atoms with Crippen LogP contribution in [0.2, 0.25) is 0 Å². The van der Waals surface area contributed by atoms with Gasteiger partial charge in [0.05, 0.1) is 0 Å². The van der Waals surface area contributed by atoms with Crippen LogP contribution in [0.1, 0.15) is 25.3 Å².